The Balaban J connectivity index is 2.38. The van der Waals surface area contributed by atoms with E-state index >= 15 is 0 Å². The fraction of sp³-hybridized carbons (Fsp3) is 0.385. The minimum absolute atomic E-state index is 0.00897. The highest BCUT2D eigenvalue weighted by Crippen LogP contribution is 2.43. The zero-order valence-electron chi connectivity index (χ0n) is 10.3. The normalized spacial score (nSPS) is 26.4. The largest absolute Gasteiger partial charge is 0.481 e. The highest BCUT2D eigenvalue weighted by atomic mass is 35.5. The second kappa shape index (κ2) is 4.74. The summed E-state index contributed by atoms with van der Waals surface area (Å²) in [4.78, 5) is 23.7. The Labute approximate surface area is 115 Å². The fourth-order valence-electron chi connectivity index (χ4n) is 2.52. The number of nitrogens with zero attached hydrogens (tertiary/aromatic N) is 1. The van der Waals surface area contributed by atoms with Crippen LogP contribution in [0.5, 0.6) is 0 Å². The lowest BCUT2D eigenvalue weighted by Gasteiger charge is -2.25. The van der Waals surface area contributed by atoms with Gasteiger partial charge >= 0.3 is 12.1 Å². The Hall–Kier alpha value is -1.75. The first-order valence-electron chi connectivity index (χ1n) is 5.81. The van der Waals surface area contributed by atoms with Gasteiger partial charge in [-0.3, -0.25) is 4.79 Å². The van der Waals surface area contributed by atoms with E-state index in [4.69, 9.17) is 16.7 Å². The Bertz CT molecular complexity index is 516. The van der Waals surface area contributed by atoms with E-state index in [9.17, 15) is 14.7 Å². The quantitative estimate of drug-likeness (QED) is 0.874. The van der Waals surface area contributed by atoms with E-state index in [1.165, 1.54) is 0 Å². The van der Waals surface area contributed by atoms with Crippen LogP contribution in [-0.2, 0) is 4.79 Å². The van der Waals surface area contributed by atoms with Crippen molar-refractivity contribution in [3.63, 3.8) is 0 Å². The molecule has 5 nitrogen and oxygen atoms in total. The first-order chi connectivity index (χ1) is 8.84. The highest BCUT2D eigenvalue weighted by Gasteiger charge is 2.50. The van der Waals surface area contributed by atoms with E-state index in [-0.39, 0.29) is 19.0 Å². The number of carbonyl (C=O) groups is 2. The topological polar surface area (TPSA) is 77.8 Å². The number of halogens is 1. The molecule has 1 aromatic rings. The highest BCUT2D eigenvalue weighted by molar-refractivity contribution is 6.30. The lowest BCUT2D eigenvalue weighted by atomic mass is 9.76. The van der Waals surface area contributed by atoms with Gasteiger partial charge in [-0.15, -0.1) is 0 Å². The summed E-state index contributed by atoms with van der Waals surface area (Å²) in [6, 6.07) is 6.87. The average molecular weight is 284 g/mol. The minimum Gasteiger partial charge on any atom is -0.481 e. The van der Waals surface area contributed by atoms with Gasteiger partial charge in [0.2, 0.25) is 0 Å². The Kier molecular flexibility index (Phi) is 3.41. The molecule has 0 aromatic heterocycles. The van der Waals surface area contributed by atoms with Crippen molar-refractivity contribution >= 4 is 23.7 Å². The monoisotopic (exact) mass is 283 g/mol. The van der Waals surface area contributed by atoms with Crippen molar-refractivity contribution in [3.05, 3.63) is 34.9 Å². The molecule has 1 amide bonds. The van der Waals surface area contributed by atoms with Gasteiger partial charge in [0, 0.05) is 24.0 Å². The molecule has 1 aromatic carbocycles. The molecule has 2 atom stereocenters. The van der Waals surface area contributed by atoms with Crippen LogP contribution >= 0.6 is 11.6 Å². The van der Waals surface area contributed by atoms with E-state index in [1.54, 1.807) is 31.2 Å². The summed E-state index contributed by atoms with van der Waals surface area (Å²) in [5.74, 6) is -1.37. The molecule has 2 rings (SSSR count). The SMILES string of the molecule is CC1(C(=O)O)CN(C(=O)O)CC1c1ccc(Cl)cc1. The van der Waals surface area contributed by atoms with Gasteiger partial charge in [-0.1, -0.05) is 23.7 Å². The molecule has 19 heavy (non-hydrogen) atoms. The van der Waals surface area contributed by atoms with Crippen molar-refractivity contribution in [1.82, 2.24) is 4.90 Å². The van der Waals surface area contributed by atoms with Gasteiger partial charge in [0.25, 0.3) is 0 Å². The number of hydrogen-bond donors (Lipinski definition) is 2. The second-order valence-electron chi connectivity index (χ2n) is 4.99. The molecule has 102 valence electrons. The fourth-order valence-corrected chi connectivity index (χ4v) is 2.65. The van der Waals surface area contributed by atoms with E-state index in [0.29, 0.717) is 5.02 Å². The van der Waals surface area contributed by atoms with Gasteiger partial charge in [-0.25, -0.2) is 4.79 Å². The molecule has 0 bridgehead atoms. The van der Waals surface area contributed by atoms with Crippen molar-refractivity contribution in [1.29, 1.82) is 0 Å². The maximum absolute atomic E-state index is 11.5. The third kappa shape index (κ3) is 2.38. The van der Waals surface area contributed by atoms with Gasteiger partial charge in [-0.05, 0) is 24.6 Å². The van der Waals surface area contributed by atoms with Crippen molar-refractivity contribution in [2.45, 2.75) is 12.8 Å². The van der Waals surface area contributed by atoms with Crippen molar-refractivity contribution in [2.75, 3.05) is 13.1 Å². The van der Waals surface area contributed by atoms with E-state index < -0.39 is 17.5 Å². The molecule has 1 saturated heterocycles. The van der Waals surface area contributed by atoms with E-state index in [2.05, 4.69) is 0 Å². The summed E-state index contributed by atoms with van der Waals surface area (Å²) in [7, 11) is 0. The first kappa shape index (κ1) is 13.7. The van der Waals surface area contributed by atoms with Crippen LogP contribution < -0.4 is 0 Å². The second-order valence-corrected chi connectivity index (χ2v) is 5.43. The average Bonchev–Trinajstić information content (AvgIpc) is 2.70. The van der Waals surface area contributed by atoms with Crippen LogP contribution in [0.2, 0.25) is 5.02 Å². The first-order valence-corrected chi connectivity index (χ1v) is 6.19. The predicted molar refractivity (Wildman–Crippen MR) is 69.5 cm³/mol. The molecular formula is C13H14ClNO4. The van der Waals surface area contributed by atoms with Gasteiger partial charge in [0.15, 0.2) is 0 Å². The van der Waals surface area contributed by atoms with Crippen LogP contribution in [0.4, 0.5) is 4.79 Å². The van der Waals surface area contributed by atoms with Crippen molar-refractivity contribution in [3.8, 4) is 0 Å². The summed E-state index contributed by atoms with van der Waals surface area (Å²) < 4.78 is 0. The van der Waals surface area contributed by atoms with Crippen molar-refractivity contribution < 1.29 is 19.8 Å². The molecule has 1 aliphatic heterocycles. The van der Waals surface area contributed by atoms with Gasteiger partial charge in [0.05, 0.1) is 5.41 Å². The van der Waals surface area contributed by atoms with Gasteiger partial charge in [0.1, 0.15) is 0 Å². The van der Waals surface area contributed by atoms with Crippen LogP contribution in [0.1, 0.15) is 18.4 Å². The van der Waals surface area contributed by atoms with Gasteiger partial charge < -0.3 is 15.1 Å². The molecule has 0 radical (unpaired) electrons. The summed E-state index contributed by atoms with van der Waals surface area (Å²) in [5, 5.41) is 19.0. The third-order valence-electron chi connectivity index (χ3n) is 3.72. The molecule has 1 aliphatic rings. The van der Waals surface area contributed by atoms with Crippen molar-refractivity contribution in [2.24, 2.45) is 5.41 Å². The number of carboxylic acid groups (broad SMARTS) is 2. The summed E-state index contributed by atoms with van der Waals surface area (Å²) in [6.07, 6.45) is -1.09. The predicted octanol–water partition coefficient (Wildman–Crippen LogP) is 2.51. The number of benzene rings is 1. The zero-order valence-corrected chi connectivity index (χ0v) is 11.1. The number of carboxylic acids is 1. The molecule has 0 aliphatic carbocycles. The molecule has 6 heteroatoms. The molecule has 1 heterocycles. The molecule has 2 N–H and O–H groups in total. The van der Waals surface area contributed by atoms with E-state index in [1.807, 2.05) is 0 Å². The number of hydrogen-bond acceptors (Lipinski definition) is 2. The van der Waals surface area contributed by atoms with Crippen LogP contribution in [0.3, 0.4) is 0 Å². The molecule has 0 spiro atoms. The number of amides is 1. The van der Waals surface area contributed by atoms with Crippen LogP contribution in [0, 0.1) is 5.41 Å². The minimum atomic E-state index is -1.12. The Morgan fingerprint density at radius 3 is 2.37 bits per heavy atom. The maximum Gasteiger partial charge on any atom is 0.407 e. The van der Waals surface area contributed by atoms with Crippen LogP contribution in [0.15, 0.2) is 24.3 Å². The summed E-state index contributed by atoms with van der Waals surface area (Å²) >= 11 is 5.81. The van der Waals surface area contributed by atoms with Gasteiger partial charge in [-0.2, -0.15) is 0 Å². The summed E-state index contributed by atoms with van der Waals surface area (Å²) in [6.45, 7) is 1.75. The smallest absolute Gasteiger partial charge is 0.407 e. The number of aliphatic carboxylic acids is 1. The van der Waals surface area contributed by atoms with Crippen LogP contribution in [-0.4, -0.2) is 40.3 Å². The lowest BCUT2D eigenvalue weighted by molar-refractivity contribution is -0.147. The Morgan fingerprint density at radius 2 is 1.89 bits per heavy atom. The van der Waals surface area contributed by atoms with Crippen LogP contribution in [0.25, 0.3) is 0 Å². The molecular weight excluding hydrogens is 270 g/mol. The lowest BCUT2D eigenvalue weighted by Crippen LogP contribution is -2.36. The van der Waals surface area contributed by atoms with E-state index in [0.717, 1.165) is 10.5 Å². The molecule has 2 unspecified atom stereocenters. The third-order valence-corrected chi connectivity index (χ3v) is 3.97. The summed E-state index contributed by atoms with van der Waals surface area (Å²) in [5.41, 5.74) is -0.329. The molecule has 0 saturated carbocycles. The zero-order chi connectivity index (χ0) is 14.2. The number of rotatable bonds is 2. The standard InChI is InChI=1S/C13H14ClNO4/c1-13(11(16)17)7-15(12(18)19)6-10(13)8-2-4-9(14)5-3-8/h2-5,10H,6-7H2,1H3,(H,16,17)(H,18,19). The molecule has 1 fully saturated rings. The number of likely N-dealkylation sites (tertiary alicyclic amines) is 1. The maximum atomic E-state index is 11.5. The Morgan fingerprint density at radius 1 is 1.32 bits per heavy atom.